The summed E-state index contributed by atoms with van der Waals surface area (Å²) in [6, 6.07) is 3.64. The summed E-state index contributed by atoms with van der Waals surface area (Å²) in [5, 5.41) is 0. The van der Waals surface area contributed by atoms with E-state index in [4.69, 9.17) is 9.15 Å². The summed E-state index contributed by atoms with van der Waals surface area (Å²) < 4.78 is 10.9. The number of Topliss-reactive ketones (excluding diaryl/α,β-unsaturated/α-hetero) is 1. The third-order valence-electron chi connectivity index (χ3n) is 6.53. The van der Waals surface area contributed by atoms with Crippen molar-refractivity contribution in [3.8, 4) is 0 Å². The maximum Gasteiger partial charge on any atom is 0.309 e. The Morgan fingerprint density at radius 2 is 1.93 bits per heavy atom. The summed E-state index contributed by atoms with van der Waals surface area (Å²) in [5.74, 6) is 0.203. The predicted octanol–water partition coefficient (Wildman–Crippen LogP) is 4.00. The van der Waals surface area contributed by atoms with Gasteiger partial charge in [0.1, 0.15) is 11.5 Å². The molecule has 0 saturated heterocycles. The van der Waals surface area contributed by atoms with Crippen LogP contribution >= 0.6 is 0 Å². The molecule has 1 unspecified atom stereocenters. The number of carbonyl (C=O) groups excluding carboxylic acids is 3. The van der Waals surface area contributed by atoms with Crippen LogP contribution in [0.4, 0.5) is 0 Å². The van der Waals surface area contributed by atoms with Crippen LogP contribution in [0.15, 0.2) is 34.6 Å². The second kappa shape index (κ2) is 8.97. The largest absolute Gasteiger partial charge is 0.467 e. The number of rotatable bonds is 6. The van der Waals surface area contributed by atoms with E-state index in [0.29, 0.717) is 30.9 Å². The fourth-order valence-corrected chi connectivity index (χ4v) is 4.98. The Morgan fingerprint density at radius 3 is 2.59 bits per heavy atom. The summed E-state index contributed by atoms with van der Waals surface area (Å²) in [7, 11) is 0. The molecule has 0 spiro atoms. The number of hydrogen-bond donors (Lipinski definition) is 0. The van der Waals surface area contributed by atoms with Gasteiger partial charge in [-0.2, -0.15) is 0 Å². The number of ether oxygens (including phenoxy) is 1. The molecule has 4 rings (SSSR count). The molecule has 0 aromatic carbocycles. The topological polar surface area (TPSA) is 76.8 Å². The highest BCUT2D eigenvalue weighted by Crippen LogP contribution is 2.40. The number of fused-ring (bicyclic) bond motifs is 2. The van der Waals surface area contributed by atoms with Crippen LogP contribution in [0.1, 0.15) is 63.5 Å². The van der Waals surface area contributed by atoms with Crippen molar-refractivity contribution >= 4 is 17.7 Å². The molecule has 6 nitrogen and oxygen atoms in total. The van der Waals surface area contributed by atoms with Crippen molar-refractivity contribution in [2.75, 3.05) is 6.61 Å². The first-order valence-electron chi connectivity index (χ1n) is 10.8. The summed E-state index contributed by atoms with van der Waals surface area (Å²) in [4.78, 5) is 39.4. The molecule has 3 atom stereocenters. The van der Waals surface area contributed by atoms with Gasteiger partial charge in [0.15, 0.2) is 6.61 Å². The van der Waals surface area contributed by atoms with E-state index in [0.717, 1.165) is 50.6 Å². The van der Waals surface area contributed by atoms with Crippen LogP contribution in [0.3, 0.4) is 0 Å². The van der Waals surface area contributed by atoms with Gasteiger partial charge in [0.2, 0.25) is 0 Å². The minimum atomic E-state index is -0.335. The SMILES string of the molecule is O=C(OCC(=O)N(Cc1ccco1)C1=CCCCC1)C1C[C@H]2CCC[C@@H](C1)C2=O. The van der Waals surface area contributed by atoms with E-state index in [1.807, 2.05) is 6.07 Å². The maximum atomic E-state index is 12.9. The number of hydrogen-bond acceptors (Lipinski definition) is 5. The van der Waals surface area contributed by atoms with Crippen LogP contribution in [-0.2, 0) is 25.7 Å². The van der Waals surface area contributed by atoms with Gasteiger partial charge >= 0.3 is 5.97 Å². The molecule has 6 heteroatoms. The molecule has 2 bridgehead atoms. The first-order chi connectivity index (χ1) is 14.1. The highest BCUT2D eigenvalue weighted by Gasteiger charge is 2.42. The predicted molar refractivity (Wildman–Crippen MR) is 105 cm³/mol. The van der Waals surface area contributed by atoms with Crippen molar-refractivity contribution in [2.24, 2.45) is 17.8 Å². The normalized spacial score (nSPS) is 26.6. The first-order valence-corrected chi connectivity index (χ1v) is 10.8. The van der Waals surface area contributed by atoms with Gasteiger partial charge in [-0.15, -0.1) is 0 Å². The van der Waals surface area contributed by atoms with Gasteiger partial charge in [0.05, 0.1) is 18.7 Å². The van der Waals surface area contributed by atoms with Gasteiger partial charge in [-0.05, 0) is 63.5 Å². The van der Waals surface area contributed by atoms with Gasteiger partial charge in [0.25, 0.3) is 5.91 Å². The highest BCUT2D eigenvalue weighted by molar-refractivity contribution is 5.88. The van der Waals surface area contributed by atoms with Crippen LogP contribution in [0, 0.1) is 17.8 Å². The Balaban J connectivity index is 1.36. The van der Waals surface area contributed by atoms with Crippen molar-refractivity contribution in [2.45, 2.75) is 64.3 Å². The zero-order valence-electron chi connectivity index (χ0n) is 16.8. The molecule has 0 N–H and O–H groups in total. The third kappa shape index (κ3) is 4.62. The third-order valence-corrected chi connectivity index (χ3v) is 6.53. The molecule has 1 heterocycles. The first kappa shape index (κ1) is 19.9. The van der Waals surface area contributed by atoms with E-state index in [-0.39, 0.29) is 36.2 Å². The Bertz CT molecular complexity index is 765. The quantitative estimate of drug-likeness (QED) is 0.676. The number of nitrogens with zero attached hydrogens (tertiary/aromatic N) is 1. The average Bonchev–Trinajstić information content (AvgIpc) is 3.24. The lowest BCUT2D eigenvalue weighted by Crippen LogP contribution is -2.40. The molecule has 1 aromatic heterocycles. The Hall–Kier alpha value is -2.37. The molecule has 2 fully saturated rings. The summed E-state index contributed by atoms with van der Waals surface area (Å²) in [6.07, 6.45) is 11.6. The zero-order valence-corrected chi connectivity index (χ0v) is 16.8. The molecule has 3 aliphatic rings. The second-order valence-electron chi connectivity index (χ2n) is 8.50. The number of furan rings is 1. The van der Waals surface area contributed by atoms with Crippen LogP contribution in [-0.4, -0.2) is 29.2 Å². The number of ketones is 1. The standard InChI is InChI=1S/C23H29NO5/c25-21(24(14-20-10-5-11-28-20)19-8-2-1-3-9-19)15-29-23(27)18-12-16-6-4-7-17(13-18)22(16)26/h5,8,10-11,16-18H,1-4,6-7,9,12-15H2/t16-,17+,18?. The summed E-state index contributed by atoms with van der Waals surface area (Å²) >= 11 is 0. The zero-order chi connectivity index (χ0) is 20.2. The molecular formula is C23H29NO5. The Labute approximate surface area is 171 Å². The number of allylic oxidation sites excluding steroid dienone is 2. The monoisotopic (exact) mass is 399 g/mol. The van der Waals surface area contributed by atoms with Crippen LogP contribution in [0.5, 0.6) is 0 Å². The number of amides is 1. The average molecular weight is 399 g/mol. The van der Waals surface area contributed by atoms with E-state index in [1.165, 1.54) is 0 Å². The maximum absolute atomic E-state index is 12.9. The molecule has 156 valence electrons. The fraction of sp³-hybridized carbons (Fsp3) is 0.609. The van der Waals surface area contributed by atoms with Crippen molar-refractivity contribution in [1.82, 2.24) is 4.90 Å². The van der Waals surface area contributed by atoms with Crippen molar-refractivity contribution in [3.05, 3.63) is 35.9 Å². The second-order valence-corrected chi connectivity index (χ2v) is 8.50. The van der Waals surface area contributed by atoms with Crippen molar-refractivity contribution in [3.63, 3.8) is 0 Å². The van der Waals surface area contributed by atoms with Gasteiger partial charge < -0.3 is 14.1 Å². The lowest BCUT2D eigenvalue weighted by atomic mass is 9.67. The van der Waals surface area contributed by atoms with Gasteiger partial charge in [-0.1, -0.05) is 12.5 Å². The fourth-order valence-electron chi connectivity index (χ4n) is 4.98. The smallest absolute Gasteiger partial charge is 0.309 e. The lowest BCUT2D eigenvalue weighted by Gasteiger charge is -2.36. The Morgan fingerprint density at radius 1 is 1.14 bits per heavy atom. The lowest BCUT2D eigenvalue weighted by molar-refractivity contribution is -0.158. The van der Waals surface area contributed by atoms with E-state index in [9.17, 15) is 14.4 Å². The van der Waals surface area contributed by atoms with E-state index >= 15 is 0 Å². The molecular weight excluding hydrogens is 370 g/mol. The minimum absolute atomic E-state index is 0.00130. The summed E-state index contributed by atoms with van der Waals surface area (Å²) in [6.45, 7) is 0.0773. The molecule has 3 aliphatic carbocycles. The molecule has 2 saturated carbocycles. The summed E-state index contributed by atoms with van der Waals surface area (Å²) in [5.41, 5.74) is 0.978. The van der Waals surface area contributed by atoms with Gasteiger partial charge in [-0.25, -0.2) is 0 Å². The van der Waals surface area contributed by atoms with E-state index in [1.54, 1.807) is 17.2 Å². The highest BCUT2D eigenvalue weighted by atomic mass is 16.5. The van der Waals surface area contributed by atoms with Crippen LogP contribution in [0.2, 0.25) is 0 Å². The van der Waals surface area contributed by atoms with Gasteiger partial charge in [-0.3, -0.25) is 14.4 Å². The Kier molecular flexibility index (Phi) is 6.16. The van der Waals surface area contributed by atoms with Crippen LogP contribution < -0.4 is 0 Å². The number of carbonyl (C=O) groups is 3. The van der Waals surface area contributed by atoms with Gasteiger partial charge in [0, 0.05) is 17.5 Å². The molecule has 0 aliphatic heterocycles. The van der Waals surface area contributed by atoms with Crippen molar-refractivity contribution < 1.29 is 23.5 Å². The molecule has 0 radical (unpaired) electrons. The number of esters is 1. The van der Waals surface area contributed by atoms with Crippen LogP contribution in [0.25, 0.3) is 0 Å². The van der Waals surface area contributed by atoms with E-state index < -0.39 is 0 Å². The molecule has 1 aromatic rings. The minimum Gasteiger partial charge on any atom is -0.467 e. The molecule has 29 heavy (non-hydrogen) atoms. The van der Waals surface area contributed by atoms with Crippen molar-refractivity contribution in [1.29, 1.82) is 0 Å². The van der Waals surface area contributed by atoms with E-state index in [2.05, 4.69) is 6.08 Å². The molecule has 1 amide bonds.